The number of nitrogens with two attached hydrogens (primary N) is 1. The first-order chi connectivity index (χ1) is 13.7. The van der Waals surface area contributed by atoms with Crippen LogP contribution in [0.1, 0.15) is 19.8 Å². The molecule has 1 spiro atoms. The number of anilines is 1. The number of rotatable bonds is 3. The number of ether oxygens (including phenoxy) is 1. The van der Waals surface area contributed by atoms with Crippen LogP contribution < -0.4 is 16.2 Å². The third-order valence-electron chi connectivity index (χ3n) is 6.10. The predicted octanol–water partition coefficient (Wildman–Crippen LogP) is 3.06. The number of piperidine rings is 1. The minimum Gasteiger partial charge on any atom is -0.377 e. The van der Waals surface area contributed by atoms with Crippen molar-refractivity contribution in [1.82, 2.24) is 9.97 Å². The van der Waals surface area contributed by atoms with Gasteiger partial charge in [0, 0.05) is 28.8 Å². The lowest BCUT2D eigenvalue weighted by Crippen LogP contribution is -2.62. The van der Waals surface area contributed by atoms with Crippen LogP contribution in [0.25, 0.3) is 0 Å². The summed E-state index contributed by atoms with van der Waals surface area (Å²) in [5.41, 5.74) is 5.01. The van der Waals surface area contributed by atoms with E-state index in [1.807, 2.05) is 24.0 Å². The normalized spacial score (nSPS) is 26.2. The fraction of sp³-hybridized carbons (Fsp3) is 0.474. The summed E-state index contributed by atoms with van der Waals surface area (Å²) in [4.78, 5) is 22.7. The standard InChI is InChI=1S/C19H21BCl2N4O2S/c1-11-19(20,23)18(10-28-11)5-7-26(8-6-18)16-17(27)25-14(9-24-16)29-13-4-2-3-12(21)15(13)22/h2-4,9,11H,5-8,10,23H2,1H3,(H,25,27)/t11-,19+/m0/s1. The van der Waals surface area contributed by atoms with Gasteiger partial charge in [-0.1, -0.05) is 41.0 Å². The summed E-state index contributed by atoms with van der Waals surface area (Å²) < 4.78 is 5.74. The highest BCUT2D eigenvalue weighted by molar-refractivity contribution is 7.99. The Morgan fingerprint density at radius 3 is 2.72 bits per heavy atom. The predicted molar refractivity (Wildman–Crippen MR) is 117 cm³/mol. The lowest BCUT2D eigenvalue weighted by Gasteiger charge is -2.47. The van der Waals surface area contributed by atoms with Crippen LogP contribution >= 0.6 is 35.0 Å². The van der Waals surface area contributed by atoms with Crippen LogP contribution in [0.15, 0.2) is 39.1 Å². The molecule has 3 N–H and O–H groups in total. The van der Waals surface area contributed by atoms with Crippen molar-refractivity contribution in [2.75, 3.05) is 24.6 Å². The van der Waals surface area contributed by atoms with Crippen LogP contribution in [0.4, 0.5) is 5.82 Å². The van der Waals surface area contributed by atoms with E-state index in [0.29, 0.717) is 40.6 Å². The van der Waals surface area contributed by atoms with Crippen LogP contribution in [0.5, 0.6) is 0 Å². The maximum atomic E-state index is 12.7. The molecule has 10 heteroatoms. The van der Waals surface area contributed by atoms with Gasteiger partial charge in [-0.25, -0.2) is 4.98 Å². The van der Waals surface area contributed by atoms with Gasteiger partial charge in [0.25, 0.3) is 5.56 Å². The van der Waals surface area contributed by atoms with Crippen molar-refractivity contribution in [1.29, 1.82) is 0 Å². The van der Waals surface area contributed by atoms with E-state index in [9.17, 15) is 4.79 Å². The topological polar surface area (TPSA) is 84.2 Å². The Hall–Kier alpha value is -1.19. The fourth-order valence-electron chi connectivity index (χ4n) is 4.04. The van der Waals surface area contributed by atoms with E-state index in [1.165, 1.54) is 11.8 Å². The van der Waals surface area contributed by atoms with Gasteiger partial charge < -0.3 is 20.4 Å². The number of aromatic amines is 1. The summed E-state index contributed by atoms with van der Waals surface area (Å²) in [6, 6.07) is 5.36. The SMILES string of the molecule is [B][C@@]1(N)[C@H](C)OCC12CCN(c1ncc(Sc3cccc(Cl)c3Cl)[nH]c1=O)CC2. The zero-order valence-corrected chi connectivity index (χ0v) is 18.3. The number of H-pyrrole nitrogens is 1. The molecule has 0 bridgehead atoms. The molecule has 2 saturated heterocycles. The van der Waals surface area contributed by atoms with Crippen molar-refractivity contribution in [2.45, 2.75) is 41.2 Å². The Kier molecular flexibility index (Phi) is 5.68. The second-order valence-electron chi connectivity index (χ2n) is 7.71. The van der Waals surface area contributed by atoms with Crippen molar-refractivity contribution in [3.05, 3.63) is 44.8 Å². The van der Waals surface area contributed by atoms with E-state index in [-0.39, 0.29) is 17.1 Å². The maximum Gasteiger partial charge on any atom is 0.291 e. The van der Waals surface area contributed by atoms with Crippen LogP contribution in [0.3, 0.4) is 0 Å². The first kappa shape index (κ1) is 21.1. The molecule has 6 nitrogen and oxygen atoms in total. The molecule has 2 radical (unpaired) electrons. The average molecular weight is 451 g/mol. The lowest BCUT2D eigenvalue weighted by atomic mass is 9.55. The summed E-state index contributed by atoms with van der Waals surface area (Å²) in [5.74, 6) is 0.396. The number of nitrogens with zero attached hydrogens (tertiary/aromatic N) is 2. The molecule has 3 heterocycles. The van der Waals surface area contributed by atoms with E-state index in [4.69, 9.17) is 41.5 Å². The summed E-state index contributed by atoms with van der Waals surface area (Å²) in [6.07, 6.45) is 2.95. The Balaban J connectivity index is 1.48. The summed E-state index contributed by atoms with van der Waals surface area (Å²) in [5, 5.41) is 1.51. The molecule has 2 atom stereocenters. The van der Waals surface area contributed by atoms with Gasteiger partial charge in [-0.2, -0.15) is 0 Å². The number of hydrogen-bond acceptors (Lipinski definition) is 6. The van der Waals surface area contributed by atoms with Crippen LogP contribution in [-0.4, -0.2) is 49.1 Å². The van der Waals surface area contributed by atoms with Gasteiger partial charge in [0.15, 0.2) is 5.82 Å². The van der Waals surface area contributed by atoms with E-state index >= 15 is 0 Å². The highest BCUT2D eigenvalue weighted by Gasteiger charge is 2.55. The molecule has 2 fully saturated rings. The quantitative estimate of drug-likeness (QED) is 0.699. The summed E-state index contributed by atoms with van der Waals surface area (Å²) in [6.45, 7) is 3.76. The van der Waals surface area contributed by atoms with Crippen molar-refractivity contribution >= 4 is 48.6 Å². The molecule has 0 amide bonds. The molecule has 1 aromatic heterocycles. The van der Waals surface area contributed by atoms with Crippen molar-refractivity contribution in [2.24, 2.45) is 11.1 Å². The molecule has 2 aromatic rings. The maximum absolute atomic E-state index is 12.7. The van der Waals surface area contributed by atoms with Gasteiger partial charge in [-0.15, -0.1) is 0 Å². The molecule has 4 rings (SSSR count). The summed E-state index contributed by atoms with van der Waals surface area (Å²) >= 11 is 13.6. The molecule has 0 saturated carbocycles. The molecule has 152 valence electrons. The highest BCUT2D eigenvalue weighted by Crippen LogP contribution is 2.46. The number of hydrogen-bond donors (Lipinski definition) is 2. The third kappa shape index (κ3) is 3.70. The molecule has 1 aromatic carbocycles. The Morgan fingerprint density at radius 2 is 2.10 bits per heavy atom. The molecule has 0 aliphatic carbocycles. The number of aromatic nitrogens is 2. The minimum atomic E-state index is -0.865. The van der Waals surface area contributed by atoms with Gasteiger partial charge in [-0.3, -0.25) is 4.79 Å². The zero-order chi connectivity index (χ0) is 20.8. The Morgan fingerprint density at radius 1 is 1.38 bits per heavy atom. The lowest BCUT2D eigenvalue weighted by molar-refractivity contribution is 0.0971. The van der Waals surface area contributed by atoms with Gasteiger partial charge in [0.2, 0.25) is 0 Å². The van der Waals surface area contributed by atoms with Crippen LogP contribution in [0, 0.1) is 5.41 Å². The van der Waals surface area contributed by atoms with Crippen molar-refractivity contribution in [3.8, 4) is 0 Å². The van der Waals surface area contributed by atoms with Crippen molar-refractivity contribution in [3.63, 3.8) is 0 Å². The van der Waals surface area contributed by atoms with E-state index in [1.54, 1.807) is 12.3 Å². The van der Waals surface area contributed by atoms with Gasteiger partial charge >= 0.3 is 0 Å². The highest BCUT2D eigenvalue weighted by atomic mass is 35.5. The Labute approximate surface area is 184 Å². The van der Waals surface area contributed by atoms with Gasteiger partial charge in [-0.05, 0) is 31.9 Å². The number of nitrogens with one attached hydrogen (secondary N) is 1. The average Bonchev–Trinajstić information content (AvgIpc) is 2.90. The minimum absolute atomic E-state index is 0.190. The Bertz CT molecular complexity index is 979. The molecular weight excluding hydrogens is 430 g/mol. The van der Waals surface area contributed by atoms with E-state index in [0.717, 1.165) is 17.7 Å². The van der Waals surface area contributed by atoms with Crippen molar-refractivity contribution < 1.29 is 4.74 Å². The van der Waals surface area contributed by atoms with E-state index in [2.05, 4.69) is 9.97 Å². The smallest absolute Gasteiger partial charge is 0.291 e. The van der Waals surface area contributed by atoms with Crippen LogP contribution in [-0.2, 0) is 4.74 Å². The monoisotopic (exact) mass is 450 g/mol. The van der Waals surface area contributed by atoms with Gasteiger partial charge in [0.05, 0.1) is 41.8 Å². The first-order valence-electron chi connectivity index (χ1n) is 9.39. The molecule has 29 heavy (non-hydrogen) atoms. The number of halogens is 2. The van der Waals surface area contributed by atoms with Crippen LogP contribution in [0.2, 0.25) is 10.0 Å². The second-order valence-corrected chi connectivity index (χ2v) is 9.58. The number of benzene rings is 1. The first-order valence-corrected chi connectivity index (χ1v) is 11.0. The largest absolute Gasteiger partial charge is 0.377 e. The molecular formula is C19H21BCl2N4O2S. The van der Waals surface area contributed by atoms with E-state index < -0.39 is 5.44 Å². The molecule has 2 aliphatic heterocycles. The fourth-order valence-corrected chi connectivity index (χ4v) is 5.34. The summed E-state index contributed by atoms with van der Waals surface area (Å²) in [7, 11) is 6.39. The second kappa shape index (κ2) is 7.82. The van der Waals surface area contributed by atoms with Gasteiger partial charge in [0.1, 0.15) is 0 Å². The third-order valence-corrected chi connectivity index (χ3v) is 8.02. The zero-order valence-electron chi connectivity index (χ0n) is 16.0. The molecule has 0 unspecified atom stereocenters. The molecule has 2 aliphatic rings.